The molecule has 1 fully saturated rings. The Morgan fingerprint density at radius 3 is 2.80 bits per heavy atom. The van der Waals surface area contributed by atoms with Gasteiger partial charge in [-0.3, -0.25) is 9.78 Å². The summed E-state index contributed by atoms with van der Waals surface area (Å²) in [4.78, 5) is 25.2. The molecular weight excluding hydrogens is 380 g/mol. The number of rotatable bonds is 4. The molecule has 0 aromatic carbocycles. The largest absolute Gasteiger partial charge is 0.367 e. The van der Waals surface area contributed by atoms with Crippen molar-refractivity contribution in [3.05, 3.63) is 65.1 Å². The second-order valence-electron chi connectivity index (χ2n) is 7.65. The van der Waals surface area contributed by atoms with Gasteiger partial charge in [-0.25, -0.2) is 9.67 Å². The lowest BCUT2D eigenvalue weighted by molar-refractivity contribution is 0.304. The summed E-state index contributed by atoms with van der Waals surface area (Å²) >= 11 is 0. The number of hydrogen-bond donors (Lipinski definition) is 1. The van der Waals surface area contributed by atoms with Gasteiger partial charge in [0.15, 0.2) is 0 Å². The Bertz CT molecular complexity index is 1220. The highest BCUT2D eigenvalue weighted by atomic mass is 16.1. The highest BCUT2D eigenvalue weighted by molar-refractivity contribution is 5.56. The van der Waals surface area contributed by atoms with Gasteiger partial charge in [0.25, 0.3) is 11.3 Å². The Morgan fingerprint density at radius 1 is 1.13 bits per heavy atom. The average Bonchev–Trinajstić information content (AvgIpc) is 3.24. The van der Waals surface area contributed by atoms with Crippen molar-refractivity contribution in [3.8, 4) is 11.3 Å². The van der Waals surface area contributed by atoms with Crippen molar-refractivity contribution in [2.24, 2.45) is 0 Å². The lowest BCUT2D eigenvalue weighted by Crippen LogP contribution is -2.33. The van der Waals surface area contributed by atoms with E-state index in [4.69, 9.17) is 0 Å². The Labute approximate surface area is 172 Å². The topological polar surface area (TPSA) is 103 Å². The van der Waals surface area contributed by atoms with E-state index in [1.807, 2.05) is 25.1 Å². The SMILES string of the molecule is Cc1cc(NC2CCC(n3nc(-c4cccnc4)ccc3=O)CC2)n2ncnc2n1. The van der Waals surface area contributed by atoms with Crippen molar-refractivity contribution in [2.45, 2.75) is 44.7 Å². The molecule has 0 atom stereocenters. The molecule has 4 aromatic rings. The first kappa shape index (κ1) is 18.4. The fourth-order valence-corrected chi connectivity index (χ4v) is 4.06. The molecule has 0 bridgehead atoms. The van der Waals surface area contributed by atoms with Gasteiger partial charge in [0.05, 0.1) is 11.7 Å². The summed E-state index contributed by atoms with van der Waals surface area (Å²) in [5.74, 6) is 1.49. The molecule has 30 heavy (non-hydrogen) atoms. The van der Waals surface area contributed by atoms with Crippen LogP contribution in [0.5, 0.6) is 0 Å². The maximum atomic E-state index is 12.5. The maximum absolute atomic E-state index is 12.5. The predicted octanol–water partition coefficient (Wildman–Crippen LogP) is 2.65. The summed E-state index contributed by atoms with van der Waals surface area (Å²) in [7, 11) is 0. The van der Waals surface area contributed by atoms with Gasteiger partial charge in [-0.2, -0.15) is 19.7 Å². The fourth-order valence-electron chi connectivity index (χ4n) is 4.06. The van der Waals surface area contributed by atoms with E-state index in [-0.39, 0.29) is 11.6 Å². The zero-order valence-corrected chi connectivity index (χ0v) is 16.6. The molecule has 0 unspecified atom stereocenters. The third kappa shape index (κ3) is 3.54. The first-order valence-electron chi connectivity index (χ1n) is 10.1. The van der Waals surface area contributed by atoms with Crippen LogP contribution in [0.25, 0.3) is 17.0 Å². The average molecular weight is 402 g/mol. The summed E-state index contributed by atoms with van der Waals surface area (Å²) in [6.45, 7) is 1.95. The minimum atomic E-state index is -0.0619. The summed E-state index contributed by atoms with van der Waals surface area (Å²) in [5.41, 5.74) is 2.51. The molecule has 152 valence electrons. The van der Waals surface area contributed by atoms with E-state index in [2.05, 4.69) is 30.5 Å². The third-order valence-corrected chi connectivity index (χ3v) is 5.56. The van der Waals surface area contributed by atoms with Gasteiger partial charge in [0, 0.05) is 41.8 Å². The van der Waals surface area contributed by atoms with Gasteiger partial charge in [0.1, 0.15) is 12.1 Å². The maximum Gasteiger partial charge on any atom is 0.267 e. The quantitative estimate of drug-likeness (QED) is 0.560. The number of anilines is 1. The van der Waals surface area contributed by atoms with Gasteiger partial charge in [-0.1, -0.05) is 0 Å². The summed E-state index contributed by atoms with van der Waals surface area (Å²) in [6, 6.07) is 9.56. The zero-order chi connectivity index (χ0) is 20.5. The predicted molar refractivity (Wildman–Crippen MR) is 112 cm³/mol. The normalized spacial score (nSPS) is 19.1. The molecule has 0 saturated heterocycles. The monoisotopic (exact) mass is 402 g/mol. The number of fused-ring (bicyclic) bond motifs is 1. The van der Waals surface area contributed by atoms with E-state index in [1.165, 1.54) is 6.33 Å². The number of aryl methyl sites for hydroxylation is 1. The van der Waals surface area contributed by atoms with Crippen molar-refractivity contribution >= 4 is 11.6 Å². The molecule has 4 heterocycles. The first-order chi connectivity index (χ1) is 14.7. The van der Waals surface area contributed by atoms with Crippen molar-refractivity contribution in [3.63, 3.8) is 0 Å². The summed E-state index contributed by atoms with van der Waals surface area (Å²) in [6.07, 6.45) is 8.64. The number of hydrogen-bond acceptors (Lipinski definition) is 7. The van der Waals surface area contributed by atoms with E-state index < -0.39 is 0 Å². The first-order valence-corrected chi connectivity index (χ1v) is 10.1. The number of aromatic nitrogens is 7. The zero-order valence-electron chi connectivity index (χ0n) is 16.6. The van der Waals surface area contributed by atoms with Crippen LogP contribution in [-0.2, 0) is 0 Å². The van der Waals surface area contributed by atoms with E-state index in [0.717, 1.165) is 48.5 Å². The van der Waals surface area contributed by atoms with Crippen LogP contribution in [0.15, 0.2) is 53.8 Å². The van der Waals surface area contributed by atoms with E-state index in [0.29, 0.717) is 11.8 Å². The Kier molecular flexibility index (Phi) is 4.70. The van der Waals surface area contributed by atoms with Crippen LogP contribution in [0.4, 0.5) is 5.82 Å². The van der Waals surface area contributed by atoms with Gasteiger partial charge >= 0.3 is 0 Å². The lowest BCUT2D eigenvalue weighted by atomic mass is 9.91. The highest BCUT2D eigenvalue weighted by Gasteiger charge is 2.24. The minimum Gasteiger partial charge on any atom is -0.367 e. The standard InChI is InChI=1S/C21H22N8O/c1-14-11-19(29-21(25-14)23-13-24-29)26-16-4-6-17(7-5-16)28-20(30)9-8-18(27-28)15-3-2-10-22-12-15/h2-3,8-13,16-17,26H,4-7H2,1H3. The van der Waals surface area contributed by atoms with E-state index in [9.17, 15) is 4.79 Å². The molecule has 5 rings (SSSR count). The van der Waals surface area contributed by atoms with Gasteiger partial charge in [-0.15, -0.1) is 0 Å². The second kappa shape index (κ2) is 7.66. The van der Waals surface area contributed by atoms with Crippen molar-refractivity contribution < 1.29 is 0 Å². The molecule has 0 spiro atoms. The van der Waals surface area contributed by atoms with Gasteiger partial charge in [-0.05, 0) is 50.8 Å². The smallest absolute Gasteiger partial charge is 0.267 e. The molecule has 1 aliphatic rings. The van der Waals surface area contributed by atoms with Crippen LogP contribution in [-0.4, -0.2) is 40.4 Å². The number of nitrogens with one attached hydrogen (secondary N) is 1. The van der Waals surface area contributed by atoms with Crippen molar-refractivity contribution in [2.75, 3.05) is 5.32 Å². The number of pyridine rings is 1. The van der Waals surface area contributed by atoms with E-state index in [1.54, 1.807) is 33.7 Å². The molecular formula is C21H22N8O. The van der Waals surface area contributed by atoms with Crippen molar-refractivity contribution in [1.29, 1.82) is 0 Å². The molecule has 9 nitrogen and oxygen atoms in total. The van der Waals surface area contributed by atoms with Crippen LogP contribution < -0.4 is 10.9 Å². The third-order valence-electron chi connectivity index (χ3n) is 5.56. The van der Waals surface area contributed by atoms with Gasteiger partial charge in [0.2, 0.25) is 0 Å². The molecule has 1 aliphatic carbocycles. The molecule has 4 aromatic heterocycles. The summed E-state index contributed by atoms with van der Waals surface area (Å²) < 4.78 is 3.37. The van der Waals surface area contributed by atoms with Crippen LogP contribution >= 0.6 is 0 Å². The molecule has 0 radical (unpaired) electrons. The highest BCUT2D eigenvalue weighted by Crippen LogP contribution is 2.29. The fraction of sp³-hybridized carbons (Fsp3) is 0.333. The van der Waals surface area contributed by atoms with Crippen LogP contribution in [0, 0.1) is 6.92 Å². The Balaban J connectivity index is 1.31. The Morgan fingerprint density at radius 2 is 2.00 bits per heavy atom. The number of nitrogens with zero attached hydrogens (tertiary/aromatic N) is 7. The van der Waals surface area contributed by atoms with Crippen molar-refractivity contribution in [1.82, 2.24) is 34.3 Å². The molecule has 0 amide bonds. The van der Waals surface area contributed by atoms with E-state index >= 15 is 0 Å². The molecule has 0 aliphatic heterocycles. The Hall–Kier alpha value is -3.62. The molecule has 9 heteroatoms. The minimum absolute atomic E-state index is 0.0619. The van der Waals surface area contributed by atoms with Gasteiger partial charge < -0.3 is 5.32 Å². The summed E-state index contributed by atoms with van der Waals surface area (Å²) in [5, 5.41) is 12.5. The second-order valence-corrected chi connectivity index (χ2v) is 7.65. The lowest BCUT2D eigenvalue weighted by Gasteiger charge is -2.30. The molecule has 1 N–H and O–H groups in total. The van der Waals surface area contributed by atoms with Crippen LogP contribution in [0.1, 0.15) is 37.4 Å². The van der Waals surface area contributed by atoms with Crippen LogP contribution in [0.3, 0.4) is 0 Å². The molecule has 1 saturated carbocycles. The van der Waals surface area contributed by atoms with Crippen LogP contribution in [0.2, 0.25) is 0 Å².